The first kappa shape index (κ1) is 14.6. The number of hydrogen-bond donors (Lipinski definition) is 1. The van der Waals surface area contributed by atoms with E-state index < -0.39 is 18.1 Å². The summed E-state index contributed by atoms with van der Waals surface area (Å²) in [6.07, 6.45) is -4.04. The van der Waals surface area contributed by atoms with E-state index in [2.05, 4.69) is 4.98 Å². The summed E-state index contributed by atoms with van der Waals surface area (Å²) >= 11 is 0. The van der Waals surface area contributed by atoms with E-state index in [1.54, 1.807) is 17.9 Å². The Bertz CT molecular complexity index is 509. The molecule has 2 rings (SSSR count). The molecule has 1 N–H and O–H groups in total. The number of carboxylic acids is 1. The zero-order valence-corrected chi connectivity index (χ0v) is 10.9. The molecule has 1 aromatic heterocycles. The van der Waals surface area contributed by atoms with Crippen molar-refractivity contribution in [1.29, 1.82) is 0 Å². The number of carbonyl (C=O) groups is 1. The highest BCUT2D eigenvalue weighted by Crippen LogP contribution is 2.35. The Labute approximate surface area is 114 Å². The van der Waals surface area contributed by atoms with Crippen LogP contribution in [0.25, 0.3) is 0 Å². The molecule has 0 saturated carbocycles. The van der Waals surface area contributed by atoms with Crippen LogP contribution in [0.2, 0.25) is 0 Å². The zero-order chi connectivity index (χ0) is 14.9. The standard InChI is InChI=1S/C13H15F3N2O2/c1-8-10(12(19)20)2-3-11(17-8)18-6-4-9(5-7-18)13(14,15)16/h2-3,9H,4-7H2,1H3,(H,19,20). The van der Waals surface area contributed by atoms with Gasteiger partial charge in [0.05, 0.1) is 17.2 Å². The molecule has 0 bridgehead atoms. The lowest BCUT2D eigenvalue weighted by molar-refractivity contribution is -0.179. The van der Waals surface area contributed by atoms with Crippen molar-refractivity contribution in [2.75, 3.05) is 18.0 Å². The first-order valence-corrected chi connectivity index (χ1v) is 6.31. The van der Waals surface area contributed by atoms with Crippen LogP contribution >= 0.6 is 0 Å². The van der Waals surface area contributed by atoms with Crippen molar-refractivity contribution >= 4 is 11.8 Å². The largest absolute Gasteiger partial charge is 0.478 e. The van der Waals surface area contributed by atoms with E-state index in [0.717, 1.165) is 0 Å². The molecule has 0 atom stereocenters. The maximum atomic E-state index is 12.6. The second-order valence-corrected chi connectivity index (χ2v) is 4.91. The highest BCUT2D eigenvalue weighted by Gasteiger charge is 2.41. The van der Waals surface area contributed by atoms with E-state index in [0.29, 0.717) is 11.5 Å². The molecule has 1 saturated heterocycles. The lowest BCUT2D eigenvalue weighted by Gasteiger charge is -2.33. The lowest BCUT2D eigenvalue weighted by atomic mass is 9.96. The number of halogens is 3. The van der Waals surface area contributed by atoms with Crippen LogP contribution in [0.15, 0.2) is 12.1 Å². The van der Waals surface area contributed by atoms with Gasteiger partial charge in [0.1, 0.15) is 5.82 Å². The zero-order valence-electron chi connectivity index (χ0n) is 10.9. The van der Waals surface area contributed by atoms with Crippen molar-refractivity contribution in [2.24, 2.45) is 5.92 Å². The van der Waals surface area contributed by atoms with E-state index in [4.69, 9.17) is 5.11 Å². The van der Waals surface area contributed by atoms with Crippen LogP contribution in [0.3, 0.4) is 0 Å². The van der Waals surface area contributed by atoms with E-state index in [1.165, 1.54) is 6.07 Å². The number of piperidine rings is 1. The molecule has 0 spiro atoms. The van der Waals surface area contributed by atoms with Crippen molar-refractivity contribution < 1.29 is 23.1 Å². The summed E-state index contributed by atoms with van der Waals surface area (Å²) in [7, 11) is 0. The van der Waals surface area contributed by atoms with Gasteiger partial charge in [-0.3, -0.25) is 0 Å². The Hall–Kier alpha value is -1.79. The van der Waals surface area contributed by atoms with E-state index >= 15 is 0 Å². The quantitative estimate of drug-likeness (QED) is 0.909. The summed E-state index contributed by atoms with van der Waals surface area (Å²) in [5, 5.41) is 8.91. The second-order valence-electron chi connectivity index (χ2n) is 4.91. The number of anilines is 1. The maximum Gasteiger partial charge on any atom is 0.391 e. The highest BCUT2D eigenvalue weighted by molar-refractivity contribution is 5.89. The normalized spacial score (nSPS) is 17.3. The van der Waals surface area contributed by atoms with Crippen LogP contribution in [0.1, 0.15) is 28.9 Å². The Balaban J connectivity index is 2.08. The lowest BCUT2D eigenvalue weighted by Crippen LogP contribution is -2.39. The molecule has 7 heteroatoms. The average molecular weight is 288 g/mol. The molecular weight excluding hydrogens is 273 g/mol. The van der Waals surface area contributed by atoms with Gasteiger partial charge in [0.15, 0.2) is 0 Å². The first-order valence-electron chi connectivity index (χ1n) is 6.31. The van der Waals surface area contributed by atoms with Crippen LogP contribution in [0.4, 0.5) is 19.0 Å². The van der Waals surface area contributed by atoms with Gasteiger partial charge in [0.2, 0.25) is 0 Å². The van der Waals surface area contributed by atoms with Gasteiger partial charge in [-0.2, -0.15) is 13.2 Å². The Morgan fingerprint density at radius 2 is 1.95 bits per heavy atom. The minimum absolute atomic E-state index is 0.0465. The van der Waals surface area contributed by atoms with Crippen LogP contribution in [-0.4, -0.2) is 35.3 Å². The number of aromatic nitrogens is 1. The smallest absolute Gasteiger partial charge is 0.391 e. The number of carboxylic acid groups (broad SMARTS) is 1. The molecule has 4 nitrogen and oxygen atoms in total. The summed E-state index contributed by atoms with van der Waals surface area (Å²) in [5.74, 6) is -1.77. The third-order valence-electron chi connectivity index (χ3n) is 3.58. The van der Waals surface area contributed by atoms with Crippen molar-refractivity contribution in [2.45, 2.75) is 25.9 Å². The molecule has 1 fully saturated rings. The Kier molecular flexibility index (Phi) is 3.87. The minimum atomic E-state index is -4.14. The summed E-state index contributed by atoms with van der Waals surface area (Å²) in [6, 6.07) is 2.99. The Morgan fingerprint density at radius 3 is 2.40 bits per heavy atom. The predicted octanol–water partition coefficient (Wildman–Crippen LogP) is 2.87. The van der Waals surface area contributed by atoms with Gasteiger partial charge in [0.25, 0.3) is 0 Å². The van der Waals surface area contributed by atoms with Gasteiger partial charge in [-0.25, -0.2) is 9.78 Å². The van der Waals surface area contributed by atoms with Crippen molar-refractivity contribution in [1.82, 2.24) is 4.98 Å². The number of rotatable bonds is 2. The van der Waals surface area contributed by atoms with Crippen molar-refractivity contribution in [3.05, 3.63) is 23.4 Å². The van der Waals surface area contributed by atoms with Crippen LogP contribution in [0.5, 0.6) is 0 Å². The molecule has 0 aliphatic carbocycles. The van der Waals surface area contributed by atoms with Gasteiger partial charge in [0, 0.05) is 13.1 Å². The molecule has 0 radical (unpaired) electrons. The van der Waals surface area contributed by atoms with Crippen LogP contribution < -0.4 is 4.90 Å². The van der Waals surface area contributed by atoms with Crippen molar-refractivity contribution in [3.63, 3.8) is 0 Å². The molecule has 1 aliphatic rings. The Morgan fingerprint density at radius 1 is 1.35 bits per heavy atom. The van der Waals surface area contributed by atoms with Crippen LogP contribution in [-0.2, 0) is 0 Å². The molecule has 20 heavy (non-hydrogen) atoms. The van der Waals surface area contributed by atoms with Gasteiger partial charge in [-0.15, -0.1) is 0 Å². The van der Waals surface area contributed by atoms with Gasteiger partial charge in [-0.1, -0.05) is 0 Å². The van der Waals surface area contributed by atoms with E-state index in [1.807, 2.05) is 0 Å². The molecular formula is C13H15F3N2O2. The predicted molar refractivity (Wildman–Crippen MR) is 66.9 cm³/mol. The van der Waals surface area contributed by atoms with Gasteiger partial charge < -0.3 is 10.0 Å². The van der Waals surface area contributed by atoms with Crippen LogP contribution in [0, 0.1) is 12.8 Å². The number of aryl methyl sites for hydroxylation is 1. The highest BCUT2D eigenvalue weighted by atomic mass is 19.4. The molecule has 0 unspecified atom stereocenters. The summed E-state index contributed by atoms with van der Waals surface area (Å²) in [5.41, 5.74) is 0.479. The topological polar surface area (TPSA) is 53.4 Å². The summed E-state index contributed by atoms with van der Waals surface area (Å²) < 4.78 is 37.7. The number of nitrogens with zero attached hydrogens (tertiary/aromatic N) is 2. The molecule has 1 aromatic rings. The molecule has 1 aliphatic heterocycles. The third-order valence-corrected chi connectivity index (χ3v) is 3.58. The van der Waals surface area contributed by atoms with E-state index in [-0.39, 0.29) is 31.5 Å². The second kappa shape index (κ2) is 5.30. The molecule has 0 aromatic carbocycles. The average Bonchev–Trinajstić information content (AvgIpc) is 2.37. The number of aromatic carboxylic acids is 1. The molecule has 110 valence electrons. The van der Waals surface area contributed by atoms with Crippen molar-refractivity contribution in [3.8, 4) is 0 Å². The fraction of sp³-hybridized carbons (Fsp3) is 0.538. The number of alkyl halides is 3. The summed E-state index contributed by atoms with van der Waals surface area (Å²) in [4.78, 5) is 16.8. The monoisotopic (exact) mass is 288 g/mol. The fourth-order valence-electron chi connectivity index (χ4n) is 2.39. The first-order chi connectivity index (χ1) is 9.29. The fourth-order valence-corrected chi connectivity index (χ4v) is 2.39. The van der Waals surface area contributed by atoms with Gasteiger partial charge in [-0.05, 0) is 31.9 Å². The van der Waals surface area contributed by atoms with E-state index in [9.17, 15) is 18.0 Å². The molecule has 0 amide bonds. The summed E-state index contributed by atoms with van der Waals surface area (Å²) in [6.45, 7) is 2.14. The third kappa shape index (κ3) is 3.02. The van der Waals surface area contributed by atoms with Gasteiger partial charge >= 0.3 is 12.1 Å². The number of hydrogen-bond acceptors (Lipinski definition) is 3. The minimum Gasteiger partial charge on any atom is -0.478 e. The maximum absolute atomic E-state index is 12.6. The number of pyridine rings is 1. The SMILES string of the molecule is Cc1nc(N2CCC(C(F)(F)F)CC2)ccc1C(=O)O. The molecule has 2 heterocycles.